The molecule has 2 N–H and O–H groups in total. The smallest absolute Gasteiger partial charge is 0.386 e. The molecule has 0 saturated heterocycles. The molecule has 0 unspecified atom stereocenters. The largest absolute Gasteiger partial charge is 0.434 e. The van der Waals surface area contributed by atoms with Gasteiger partial charge in [0.15, 0.2) is 5.69 Å². The van der Waals surface area contributed by atoms with Crippen molar-refractivity contribution in [3.63, 3.8) is 0 Å². The number of benzene rings is 1. The third-order valence-corrected chi connectivity index (χ3v) is 7.17. The van der Waals surface area contributed by atoms with Gasteiger partial charge in [-0.25, -0.2) is 15.0 Å². The van der Waals surface area contributed by atoms with Crippen LogP contribution in [0.15, 0.2) is 24.5 Å². The van der Waals surface area contributed by atoms with Gasteiger partial charge in [-0.3, -0.25) is 4.79 Å². The average molecular weight is 479 g/mol. The summed E-state index contributed by atoms with van der Waals surface area (Å²) in [6.07, 6.45) is 1.20. The van der Waals surface area contributed by atoms with Crippen molar-refractivity contribution in [2.45, 2.75) is 64.1 Å². The third-order valence-electron chi connectivity index (χ3n) is 5.99. The van der Waals surface area contributed by atoms with Gasteiger partial charge in [0.05, 0.1) is 33.2 Å². The lowest BCUT2D eigenvalue weighted by Crippen LogP contribution is -2.22. The second kappa shape index (κ2) is 8.64. The van der Waals surface area contributed by atoms with Crippen molar-refractivity contribution in [2.75, 3.05) is 5.32 Å². The fourth-order valence-electron chi connectivity index (χ4n) is 4.06. The molecule has 0 spiro atoms. The number of nitrogens with zero attached hydrogens (tertiary/aromatic N) is 3. The number of fused-ring (bicyclic) bond motifs is 1. The summed E-state index contributed by atoms with van der Waals surface area (Å²) in [7, 11) is 0. The highest BCUT2D eigenvalue weighted by atomic mass is 32.1. The molecule has 2 heterocycles. The number of amides is 1. The topological polar surface area (TPSA) is 88.0 Å². The van der Waals surface area contributed by atoms with Crippen LogP contribution in [-0.2, 0) is 11.8 Å². The van der Waals surface area contributed by atoms with Crippen molar-refractivity contribution in [1.29, 1.82) is 0 Å². The van der Waals surface area contributed by atoms with Crippen LogP contribution in [0, 0.1) is 5.92 Å². The van der Waals surface area contributed by atoms with E-state index in [0.717, 1.165) is 40.2 Å². The van der Waals surface area contributed by atoms with Gasteiger partial charge < -0.3 is 10.4 Å². The number of alkyl halides is 3. The zero-order valence-electron chi connectivity index (χ0n) is 18.5. The molecule has 10 heteroatoms. The number of carbonyl (C=O) groups excluding carboxylic acids is 1. The van der Waals surface area contributed by atoms with Crippen LogP contribution in [-0.4, -0.2) is 26.0 Å². The second-order valence-corrected chi connectivity index (χ2v) is 10.2. The van der Waals surface area contributed by atoms with Crippen LogP contribution in [0.4, 0.5) is 18.9 Å². The second-order valence-electron chi connectivity index (χ2n) is 9.17. The highest BCUT2D eigenvalue weighted by Gasteiger charge is 2.33. The Kier molecular flexibility index (Phi) is 6.17. The van der Waals surface area contributed by atoms with E-state index in [4.69, 9.17) is 4.98 Å². The molecule has 4 rings (SSSR count). The summed E-state index contributed by atoms with van der Waals surface area (Å²) < 4.78 is 39.0. The molecule has 1 aliphatic carbocycles. The zero-order chi connectivity index (χ0) is 24.0. The molecule has 1 aliphatic rings. The first kappa shape index (κ1) is 23.6. The first-order valence-corrected chi connectivity index (χ1v) is 11.6. The van der Waals surface area contributed by atoms with E-state index in [1.165, 1.54) is 12.8 Å². The van der Waals surface area contributed by atoms with Gasteiger partial charge in [-0.2, -0.15) is 13.2 Å². The number of aromatic nitrogens is 3. The maximum absolute atomic E-state index is 12.7. The number of aliphatic hydroxyl groups is 1. The van der Waals surface area contributed by atoms with E-state index < -0.39 is 23.4 Å². The van der Waals surface area contributed by atoms with Crippen molar-refractivity contribution >= 4 is 33.1 Å². The van der Waals surface area contributed by atoms with E-state index in [0.29, 0.717) is 23.4 Å². The van der Waals surface area contributed by atoms with Gasteiger partial charge in [-0.1, -0.05) is 19.8 Å². The van der Waals surface area contributed by atoms with E-state index in [1.807, 2.05) is 0 Å². The quantitative estimate of drug-likeness (QED) is 0.489. The number of thiazole rings is 1. The molecule has 0 aliphatic heterocycles. The minimum Gasteiger partial charge on any atom is -0.386 e. The first-order valence-electron chi connectivity index (χ1n) is 10.8. The number of carbonyl (C=O) groups is 1. The molecule has 176 valence electrons. The highest BCUT2D eigenvalue weighted by Crippen LogP contribution is 2.41. The van der Waals surface area contributed by atoms with Crippen molar-refractivity contribution in [2.24, 2.45) is 5.92 Å². The first-order chi connectivity index (χ1) is 15.4. The zero-order valence-corrected chi connectivity index (χ0v) is 19.3. The van der Waals surface area contributed by atoms with Crippen LogP contribution in [0.5, 0.6) is 0 Å². The van der Waals surface area contributed by atoms with Crippen LogP contribution in [0.2, 0.25) is 0 Å². The Morgan fingerprint density at radius 2 is 1.82 bits per heavy atom. The van der Waals surface area contributed by atoms with Crippen molar-refractivity contribution < 1.29 is 23.1 Å². The molecule has 0 radical (unpaired) electrons. The number of rotatable bonds is 4. The minimum absolute atomic E-state index is 0.258. The van der Waals surface area contributed by atoms with Gasteiger partial charge in [0, 0.05) is 17.2 Å². The number of halogens is 3. The van der Waals surface area contributed by atoms with E-state index in [2.05, 4.69) is 22.2 Å². The molecule has 1 saturated carbocycles. The maximum atomic E-state index is 12.7. The van der Waals surface area contributed by atoms with Gasteiger partial charge in [-0.05, 0) is 44.7 Å². The highest BCUT2D eigenvalue weighted by molar-refractivity contribution is 7.18. The van der Waals surface area contributed by atoms with Gasteiger partial charge in [-0.15, -0.1) is 11.3 Å². The van der Waals surface area contributed by atoms with Crippen LogP contribution in [0.25, 0.3) is 10.2 Å². The lowest BCUT2D eigenvalue weighted by molar-refractivity contribution is -0.141. The molecule has 1 fully saturated rings. The van der Waals surface area contributed by atoms with Crippen LogP contribution in [0.1, 0.15) is 79.1 Å². The lowest BCUT2D eigenvalue weighted by Gasteiger charge is -2.24. The summed E-state index contributed by atoms with van der Waals surface area (Å²) in [5, 5.41) is 14.4. The van der Waals surface area contributed by atoms with E-state index in [1.54, 1.807) is 37.3 Å². The normalized spacial score (nSPS) is 19.6. The summed E-state index contributed by atoms with van der Waals surface area (Å²) in [5.41, 5.74) is -1.16. The molecular weight excluding hydrogens is 453 g/mol. The molecule has 0 bridgehead atoms. The number of anilines is 1. The van der Waals surface area contributed by atoms with E-state index >= 15 is 0 Å². The number of hydrogen-bond acceptors (Lipinski definition) is 6. The van der Waals surface area contributed by atoms with Gasteiger partial charge >= 0.3 is 6.18 Å². The van der Waals surface area contributed by atoms with Gasteiger partial charge in [0.2, 0.25) is 0 Å². The minimum atomic E-state index is -4.64. The Labute approximate surface area is 193 Å². The van der Waals surface area contributed by atoms with E-state index in [9.17, 15) is 23.1 Å². The van der Waals surface area contributed by atoms with Crippen LogP contribution >= 0.6 is 11.3 Å². The van der Waals surface area contributed by atoms with Gasteiger partial charge in [0.25, 0.3) is 5.91 Å². The SMILES string of the molecule is CC(C)(O)c1cc2nc([C@H]3CC[C@H](C)CC3)sc2cc1NC(=O)c1cnc(C(F)(F)F)cn1. The predicted octanol–water partition coefficient (Wildman–Crippen LogP) is 5.88. The average Bonchev–Trinajstić information content (AvgIpc) is 3.15. The Morgan fingerprint density at radius 3 is 2.39 bits per heavy atom. The monoisotopic (exact) mass is 478 g/mol. The molecule has 6 nitrogen and oxygen atoms in total. The van der Waals surface area contributed by atoms with E-state index in [-0.39, 0.29) is 5.69 Å². The van der Waals surface area contributed by atoms with Crippen molar-refractivity contribution in [3.8, 4) is 0 Å². The Balaban J connectivity index is 1.64. The Bertz CT molecular complexity index is 1160. The predicted molar refractivity (Wildman–Crippen MR) is 120 cm³/mol. The number of hydrogen-bond donors (Lipinski definition) is 2. The number of nitrogens with one attached hydrogen (secondary N) is 1. The standard InChI is InChI=1S/C23H25F3N4O2S/c1-12-4-6-13(7-5-12)21-30-16-8-14(22(2,3)32)15(9-18(16)33-21)29-20(31)17-10-28-19(11-27-17)23(24,25)26/h8-13,32H,4-7H2,1-3H3,(H,29,31)/t12-,13-. The van der Waals surface area contributed by atoms with Crippen LogP contribution in [0.3, 0.4) is 0 Å². The fraction of sp³-hybridized carbons (Fsp3) is 0.478. The molecule has 2 aromatic heterocycles. The molecule has 3 aromatic rings. The summed E-state index contributed by atoms with van der Waals surface area (Å²) in [5.74, 6) is 0.421. The lowest BCUT2D eigenvalue weighted by atomic mass is 9.83. The third kappa shape index (κ3) is 5.16. The van der Waals surface area contributed by atoms with Gasteiger partial charge in [0.1, 0.15) is 5.69 Å². The summed E-state index contributed by atoms with van der Waals surface area (Å²) in [6, 6.07) is 3.51. The molecule has 1 amide bonds. The van der Waals surface area contributed by atoms with Crippen molar-refractivity contribution in [3.05, 3.63) is 46.5 Å². The fourth-order valence-corrected chi connectivity index (χ4v) is 5.22. The molecule has 0 atom stereocenters. The summed E-state index contributed by atoms with van der Waals surface area (Å²) >= 11 is 1.57. The summed E-state index contributed by atoms with van der Waals surface area (Å²) in [6.45, 7) is 5.45. The Morgan fingerprint density at radius 1 is 1.12 bits per heavy atom. The maximum Gasteiger partial charge on any atom is 0.434 e. The molecule has 33 heavy (non-hydrogen) atoms. The Hall–Kier alpha value is -2.59. The molecule has 1 aromatic carbocycles. The van der Waals surface area contributed by atoms with Crippen molar-refractivity contribution in [1.82, 2.24) is 15.0 Å². The van der Waals surface area contributed by atoms with Crippen LogP contribution < -0.4 is 5.32 Å². The summed E-state index contributed by atoms with van der Waals surface area (Å²) in [4.78, 5) is 24.4. The molecular formula is C23H25F3N4O2S.